The van der Waals surface area contributed by atoms with Crippen molar-refractivity contribution in [3.05, 3.63) is 30.3 Å². The first-order valence-electron chi connectivity index (χ1n) is 8.58. The van der Waals surface area contributed by atoms with Gasteiger partial charge in [-0.05, 0) is 25.0 Å². The van der Waals surface area contributed by atoms with Crippen LogP contribution in [0, 0.1) is 0 Å². The minimum atomic E-state index is -3.54. The van der Waals surface area contributed by atoms with Gasteiger partial charge >= 0.3 is 10.1 Å². The maximum absolute atomic E-state index is 12.5. The van der Waals surface area contributed by atoms with Gasteiger partial charge in [-0.2, -0.15) is 8.42 Å². The second kappa shape index (κ2) is 10.7. The molecular weight excluding hydrogens is 296 g/mol. The molecule has 0 aromatic heterocycles. The summed E-state index contributed by atoms with van der Waals surface area (Å²) in [6, 6.07) is 8.81. The van der Waals surface area contributed by atoms with Crippen LogP contribution in [0.2, 0.25) is 0 Å². The van der Waals surface area contributed by atoms with Gasteiger partial charge in [-0.1, -0.05) is 77.0 Å². The number of unbranched alkanes of at least 4 members (excludes halogenated alkanes) is 5. The molecule has 0 amide bonds. The minimum Gasteiger partial charge on any atom is -0.382 e. The smallest absolute Gasteiger partial charge is 0.312 e. The predicted octanol–water partition coefficient (Wildman–Crippen LogP) is 5.31. The van der Waals surface area contributed by atoms with Crippen LogP contribution in [0.5, 0.6) is 5.75 Å². The van der Waals surface area contributed by atoms with Crippen LogP contribution < -0.4 is 4.18 Å². The molecule has 0 aliphatic carbocycles. The van der Waals surface area contributed by atoms with E-state index >= 15 is 0 Å². The third-order valence-electron chi connectivity index (χ3n) is 3.87. The molecule has 0 spiro atoms. The van der Waals surface area contributed by atoms with Gasteiger partial charge in [-0.3, -0.25) is 0 Å². The van der Waals surface area contributed by atoms with Gasteiger partial charge in [0.2, 0.25) is 0 Å². The van der Waals surface area contributed by atoms with E-state index in [9.17, 15) is 8.42 Å². The van der Waals surface area contributed by atoms with Crippen LogP contribution in [0.4, 0.5) is 0 Å². The molecule has 22 heavy (non-hydrogen) atoms. The van der Waals surface area contributed by atoms with Crippen molar-refractivity contribution in [2.45, 2.75) is 76.9 Å². The zero-order valence-electron chi connectivity index (χ0n) is 14.0. The predicted molar refractivity (Wildman–Crippen MR) is 92.7 cm³/mol. The van der Waals surface area contributed by atoms with E-state index in [1.54, 1.807) is 24.3 Å². The van der Waals surface area contributed by atoms with Crippen molar-refractivity contribution >= 4 is 10.1 Å². The summed E-state index contributed by atoms with van der Waals surface area (Å²) in [5.74, 6) is 0.412. The largest absolute Gasteiger partial charge is 0.382 e. The van der Waals surface area contributed by atoms with Gasteiger partial charge in [0.1, 0.15) is 5.75 Å². The normalized spacial score (nSPS) is 13.0. The van der Waals surface area contributed by atoms with Crippen LogP contribution in [-0.4, -0.2) is 13.7 Å². The highest BCUT2D eigenvalue weighted by molar-refractivity contribution is 7.87. The summed E-state index contributed by atoms with van der Waals surface area (Å²) in [5, 5.41) is -0.380. The van der Waals surface area contributed by atoms with E-state index < -0.39 is 10.1 Å². The molecule has 0 saturated heterocycles. The Balaban J connectivity index is 2.59. The number of rotatable bonds is 12. The fraction of sp³-hybridized carbons (Fsp3) is 0.667. The van der Waals surface area contributed by atoms with E-state index in [1.165, 1.54) is 19.3 Å². The Labute approximate surface area is 136 Å². The van der Waals surface area contributed by atoms with Gasteiger partial charge in [0, 0.05) is 0 Å². The Morgan fingerprint density at radius 1 is 0.864 bits per heavy atom. The molecule has 1 aromatic carbocycles. The lowest BCUT2D eigenvalue weighted by Crippen LogP contribution is -2.26. The van der Waals surface area contributed by atoms with Crippen molar-refractivity contribution in [1.82, 2.24) is 0 Å². The van der Waals surface area contributed by atoms with Crippen molar-refractivity contribution in [3.8, 4) is 5.75 Å². The fourth-order valence-electron chi connectivity index (χ4n) is 2.52. The molecule has 0 heterocycles. The van der Waals surface area contributed by atoms with Gasteiger partial charge < -0.3 is 4.18 Å². The summed E-state index contributed by atoms with van der Waals surface area (Å²) in [5.41, 5.74) is 0. The molecule has 0 saturated carbocycles. The highest BCUT2D eigenvalue weighted by atomic mass is 32.2. The molecular formula is C18H30O3S. The molecule has 3 nitrogen and oxygen atoms in total. The Morgan fingerprint density at radius 3 is 2.09 bits per heavy atom. The van der Waals surface area contributed by atoms with Crippen molar-refractivity contribution in [3.63, 3.8) is 0 Å². The molecule has 4 heteroatoms. The van der Waals surface area contributed by atoms with E-state index in [0.29, 0.717) is 18.6 Å². The standard InChI is InChI=1S/C18H30O3S/c1-3-5-7-8-12-16-18(15-6-4-2)22(19,20)21-17-13-10-9-11-14-17/h9-11,13-14,18H,3-8,12,15-16H2,1-2H3. The third-order valence-corrected chi connectivity index (χ3v) is 5.59. The Morgan fingerprint density at radius 2 is 1.45 bits per heavy atom. The van der Waals surface area contributed by atoms with Gasteiger partial charge in [0.05, 0.1) is 5.25 Å². The Hall–Kier alpha value is -1.03. The van der Waals surface area contributed by atoms with Crippen LogP contribution in [-0.2, 0) is 10.1 Å². The van der Waals surface area contributed by atoms with Crippen LogP contribution in [0.1, 0.15) is 71.6 Å². The summed E-state index contributed by atoms with van der Waals surface area (Å²) in [7, 11) is -3.54. The lowest BCUT2D eigenvalue weighted by Gasteiger charge is -2.17. The van der Waals surface area contributed by atoms with Crippen LogP contribution >= 0.6 is 0 Å². The topological polar surface area (TPSA) is 43.4 Å². The SMILES string of the molecule is CCCCCCCC(CCCC)S(=O)(=O)Oc1ccccc1. The lowest BCUT2D eigenvalue weighted by molar-refractivity contribution is 0.450. The number of para-hydroxylation sites is 1. The van der Waals surface area contributed by atoms with Gasteiger partial charge in [0.25, 0.3) is 0 Å². The first-order chi connectivity index (χ1) is 10.6. The second-order valence-corrected chi connectivity index (χ2v) is 7.68. The summed E-state index contributed by atoms with van der Waals surface area (Å²) >= 11 is 0. The molecule has 1 unspecified atom stereocenters. The van der Waals surface area contributed by atoms with E-state index in [0.717, 1.165) is 25.7 Å². The summed E-state index contributed by atoms with van der Waals surface area (Å²) < 4.78 is 30.3. The lowest BCUT2D eigenvalue weighted by atomic mass is 10.1. The van der Waals surface area contributed by atoms with Gasteiger partial charge in [-0.25, -0.2) is 0 Å². The molecule has 0 aliphatic rings. The van der Waals surface area contributed by atoms with E-state index in [4.69, 9.17) is 4.18 Å². The maximum Gasteiger partial charge on any atom is 0.312 e. The maximum atomic E-state index is 12.5. The van der Waals surface area contributed by atoms with E-state index in [-0.39, 0.29) is 5.25 Å². The van der Waals surface area contributed by atoms with Gasteiger partial charge in [-0.15, -0.1) is 0 Å². The molecule has 1 rings (SSSR count). The van der Waals surface area contributed by atoms with E-state index in [1.807, 2.05) is 6.07 Å². The quantitative estimate of drug-likeness (QED) is 0.386. The van der Waals surface area contributed by atoms with E-state index in [2.05, 4.69) is 13.8 Å². The van der Waals surface area contributed by atoms with Crippen molar-refractivity contribution in [1.29, 1.82) is 0 Å². The highest BCUT2D eigenvalue weighted by Crippen LogP contribution is 2.22. The number of benzene rings is 1. The van der Waals surface area contributed by atoms with Crippen molar-refractivity contribution in [2.24, 2.45) is 0 Å². The average Bonchev–Trinajstić information content (AvgIpc) is 2.50. The zero-order valence-corrected chi connectivity index (χ0v) is 14.8. The van der Waals surface area contributed by atoms with Crippen LogP contribution in [0.15, 0.2) is 30.3 Å². The number of hydrogen-bond donors (Lipinski definition) is 0. The monoisotopic (exact) mass is 326 g/mol. The molecule has 0 radical (unpaired) electrons. The van der Waals surface area contributed by atoms with Crippen molar-refractivity contribution < 1.29 is 12.6 Å². The van der Waals surface area contributed by atoms with Gasteiger partial charge in [0.15, 0.2) is 0 Å². The molecule has 0 N–H and O–H groups in total. The van der Waals surface area contributed by atoms with Crippen LogP contribution in [0.3, 0.4) is 0 Å². The highest BCUT2D eigenvalue weighted by Gasteiger charge is 2.26. The van der Waals surface area contributed by atoms with Crippen molar-refractivity contribution in [2.75, 3.05) is 0 Å². The molecule has 0 aliphatic heterocycles. The molecule has 1 atom stereocenters. The average molecular weight is 327 g/mol. The molecule has 1 aromatic rings. The third kappa shape index (κ3) is 7.30. The number of hydrogen-bond acceptors (Lipinski definition) is 3. The first-order valence-corrected chi connectivity index (χ1v) is 10.1. The second-order valence-electron chi connectivity index (χ2n) is 5.86. The minimum absolute atomic E-state index is 0.380. The first kappa shape index (κ1) is 19.0. The van der Waals surface area contributed by atoms with Crippen LogP contribution in [0.25, 0.3) is 0 Å². The summed E-state index contributed by atoms with van der Waals surface area (Å²) in [4.78, 5) is 0. The molecule has 126 valence electrons. The summed E-state index contributed by atoms with van der Waals surface area (Å²) in [6.45, 7) is 4.27. The zero-order chi connectivity index (χ0) is 16.3. The fourth-order valence-corrected chi connectivity index (χ4v) is 3.94. The Kier molecular flexibility index (Phi) is 9.21. The summed E-state index contributed by atoms with van der Waals surface area (Å²) in [6.07, 6.45) is 9.03. The molecule has 0 fully saturated rings. The molecule has 0 bridgehead atoms. The Bertz CT molecular complexity index is 482.